The number of rotatable bonds is 4. The van der Waals surface area contributed by atoms with Gasteiger partial charge in [-0.25, -0.2) is 9.78 Å². The highest BCUT2D eigenvalue weighted by Gasteiger charge is 2.09. The van der Waals surface area contributed by atoms with E-state index in [0.29, 0.717) is 11.4 Å². The molecule has 20 heavy (non-hydrogen) atoms. The Morgan fingerprint density at radius 2 is 1.90 bits per heavy atom. The highest BCUT2D eigenvalue weighted by atomic mass is 16.5. The second-order valence-corrected chi connectivity index (χ2v) is 3.95. The van der Waals surface area contributed by atoms with E-state index in [1.54, 1.807) is 24.3 Å². The van der Waals surface area contributed by atoms with Crippen molar-refractivity contribution in [3.8, 4) is 11.6 Å². The van der Waals surface area contributed by atoms with Crippen molar-refractivity contribution in [3.63, 3.8) is 0 Å². The van der Waals surface area contributed by atoms with E-state index < -0.39 is 5.97 Å². The Bertz CT molecular complexity index is 655. The zero-order chi connectivity index (χ0) is 14.5. The van der Waals surface area contributed by atoms with E-state index in [1.165, 1.54) is 25.1 Å². The quantitative estimate of drug-likeness (QED) is 0.892. The smallest absolute Gasteiger partial charge is 0.354 e. The molecule has 0 saturated carbocycles. The van der Waals surface area contributed by atoms with Crippen LogP contribution in [0.4, 0.5) is 5.69 Å². The number of amides is 1. The molecule has 0 fully saturated rings. The van der Waals surface area contributed by atoms with Crippen LogP contribution in [0, 0.1) is 0 Å². The van der Waals surface area contributed by atoms with Crippen LogP contribution in [0.2, 0.25) is 0 Å². The number of hydrogen-bond acceptors (Lipinski definition) is 4. The summed E-state index contributed by atoms with van der Waals surface area (Å²) >= 11 is 0. The first-order chi connectivity index (χ1) is 9.56. The standard InChI is InChI=1S/C14H12N2O4/c1-9(17)15-10-5-2-3-7-12(10)20-13-8-4-6-11(16-13)14(18)19/h2-8H,1H3,(H,15,17)(H,18,19). The molecule has 0 bridgehead atoms. The molecule has 1 heterocycles. The van der Waals surface area contributed by atoms with Crippen molar-refractivity contribution in [3.05, 3.63) is 48.2 Å². The zero-order valence-electron chi connectivity index (χ0n) is 10.7. The number of benzene rings is 1. The second-order valence-electron chi connectivity index (χ2n) is 3.95. The Hall–Kier alpha value is -2.89. The van der Waals surface area contributed by atoms with Gasteiger partial charge in [0.15, 0.2) is 11.4 Å². The number of carbonyl (C=O) groups is 2. The zero-order valence-corrected chi connectivity index (χ0v) is 10.7. The van der Waals surface area contributed by atoms with Gasteiger partial charge < -0.3 is 15.2 Å². The summed E-state index contributed by atoms with van der Waals surface area (Å²) in [7, 11) is 0. The Labute approximate surface area is 115 Å². The van der Waals surface area contributed by atoms with Crippen LogP contribution in [0.1, 0.15) is 17.4 Å². The summed E-state index contributed by atoms with van der Waals surface area (Å²) in [5.41, 5.74) is 0.377. The van der Waals surface area contributed by atoms with Crippen LogP contribution in [0.3, 0.4) is 0 Å². The lowest BCUT2D eigenvalue weighted by atomic mass is 10.3. The molecule has 0 radical (unpaired) electrons. The van der Waals surface area contributed by atoms with Crippen molar-refractivity contribution in [1.82, 2.24) is 4.98 Å². The predicted octanol–water partition coefficient (Wildman–Crippen LogP) is 2.53. The van der Waals surface area contributed by atoms with Gasteiger partial charge in [-0.15, -0.1) is 0 Å². The number of pyridine rings is 1. The molecule has 0 aliphatic carbocycles. The highest BCUT2D eigenvalue weighted by Crippen LogP contribution is 2.28. The highest BCUT2D eigenvalue weighted by molar-refractivity contribution is 5.90. The van der Waals surface area contributed by atoms with Gasteiger partial charge in [0.2, 0.25) is 11.8 Å². The van der Waals surface area contributed by atoms with Crippen LogP contribution in [0.5, 0.6) is 11.6 Å². The van der Waals surface area contributed by atoms with Crippen molar-refractivity contribution in [2.24, 2.45) is 0 Å². The fourth-order valence-corrected chi connectivity index (χ4v) is 1.55. The summed E-state index contributed by atoms with van der Waals surface area (Å²) in [5, 5.41) is 11.5. The lowest BCUT2D eigenvalue weighted by molar-refractivity contribution is -0.114. The number of nitrogens with one attached hydrogen (secondary N) is 1. The minimum atomic E-state index is -1.13. The normalized spacial score (nSPS) is 9.85. The molecule has 0 unspecified atom stereocenters. The summed E-state index contributed by atoms with van der Waals surface area (Å²) in [6, 6.07) is 11.3. The van der Waals surface area contributed by atoms with E-state index in [2.05, 4.69) is 10.3 Å². The van der Waals surface area contributed by atoms with Gasteiger partial charge in [-0.1, -0.05) is 18.2 Å². The SMILES string of the molecule is CC(=O)Nc1ccccc1Oc1cccc(C(=O)O)n1. The molecule has 1 amide bonds. The minimum absolute atomic E-state index is 0.112. The second kappa shape index (κ2) is 5.83. The van der Waals surface area contributed by atoms with Gasteiger partial charge in [0, 0.05) is 13.0 Å². The van der Waals surface area contributed by atoms with E-state index in [4.69, 9.17) is 9.84 Å². The molecular formula is C14H12N2O4. The number of para-hydroxylation sites is 2. The Morgan fingerprint density at radius 3 is 2.60 bits per heavy atom. The maximum Gasteiger partial charge on any atom is 0.354 e. The van der Waals surface area contributed by atoms with E-state index in [-0.39, 0.29) is 17.5 Å². The Kier molecular flexibility index (Phi) is 3.95. The number of hydrogen-bond donors (Lipinski definition) is 2. The molecule has 6 heteroatoms. The van der Waals surface area contributed by atoms with Gasteiger partial charge in [0.05, 0.1) is 5.69 Å². The number of anilines is 1. The van der Waals surface area contributed by atoms with Crippen molar-refractivity contribution in [2.75, 3.05) is 5.32 Å². The van der Waals surface area contributed by atoms with E-state index in [1.807, 2.05) is 0 Å². The lowest BCUT2D eigenvalue weighted by Crippen LogP contribution is -2.07. The topological polar surface area (TPSA) is 88.5 Å². The van der Waals surface area contributed by atoms with E-state index in [0.717, 1.165) is 0 Å². The Balaban J connectivity index is 2.28. The van der Waals surface area contributed by atoms with Gasteiger partial charge in [-0.05, 0) is 18.2 Å². The average molecular weight is 272 g/mol. The largest absolute Gasteiger partial charge is 0.477 e. The van der Waals surface area contributed by atoms with Crippen molar-refractivity contribution < 1.29 is 19.4 Å². The number of carbonyl (C=O) groups excluding carboxylic acids is 1. The summed E-state index contributed by atoms with van der Waals surface area (Å²) in [4.78, 5) is 25.8. The first-order valence-corrected chi connectivity index (χ1v) is 5.81. The van der Waals surface area contributed by atoms with Crippen LogP contribution in [0.25, 0.3) is 0 Å². The van der Waals surface area contributed by atoms with Gasteiger partial charge in [-0.3, -0.25) is 4.79 Å². The fraction of sp³-hybridized carbons (Fsp3) is 0.0714. The number of nitrogens with zero attached hydrogens (tertiary/aromatic N) is 1. The first kappa shape index (κ1) is 13.5. The molecule has 2 N–H and O–H groups in total. The molecule has 0 spiro atoms. The van der Waals surface area contributed by atoms with Crippen LogP contribution in [0.15, 0.2) is 42.5 Å². The van der Waals surface area contributed by atoms with Gasteiger partial charge in [-0.2, -0.15) is 0 Å². The number of aromatic nitrogens is 1. The molecule has 0 aliphatic heterocycles. The van der Waals surface area contributed by atoms with Crippen molar-refractivity contribution in [1.29, 1.82) is 0 Å². The van der Waals surface area contributed by atoms with E-state index in [9.17, 15) is 9.59 Å². The fourth-order valence-electron chi connectivity index (χ4n) is 1.55. The van der Waals surface area contributed by atoms with Crippen LogP contribution in [-0.4, -0.2) is 22.0 Å². The molecule has 0 saturated heterocycles. The monoisotopic (exact) mass is 272 g/mol. The first-order valence-electron chi connectivity index (χ1n) is 5.81. The maximum atomic E-state index is 11.1. The third-order valence-corrected chi connectivity index (χ3v) is 2.35. The number of ether oxygens (including phenoxy) is 1. The third-order valence-electron chi connectivity index (χ3n) is 2.35. The molecule has 2 aromatic rings. The van der Waals surface area contributed by atoms with Gasteiger partial charge in [0.1, 0.15) is 0 Å². The average Bonchev–Trinajstić information content (AvgIpc) is 2.41. The minimum Gasteiger partial charge on any atom is -0.477 e. The molecular weight excluding hydrogens is 260 g/mol. The number of aromatic carboxylic acids is 1. The van der Waals surface area contributed by atoms with Crippen LogP contribution in [-0.2, 0) is 4.79 Å². The summed E-state index contributed by atoms with van der Waals surface area (Å²) < 4.78 is 5.51. The molecule has 0 aliphatic rings. The third kappa shape index (κ3) is 3.32. The van der Waals surface area contributed by atoms with Crippen molar-refractivity contribution in [2.45, 2.75) is 6.92 Å². The van der Waals surface area contributed by atoms with E-state index >= 15 is 0 Å². The predicted molar refractivity (Wildman–Crippen MR) is 72.0 cm³/mol. The molecule has 102 valence electrons. The van der Waals surface area contributed by atoms with Crippen LogP contribution < -0.4 is 10.1 Å². The Morgan fingerprint density at radius 1 is 1.15 bits per heavy atom. The van der Waals surface area contributed by atoms with Crippen LogP contribution >= 0.6 is 0 Å². The summed E-state index contributed by atoms with van der Waals surface area (Å²) in [5.74, 6) is -0.834. The molecule has 6 nitrogen and oxygen atoms in total. The van der Waals surface area contributed by atoms with Gasteiger partial charge in [0.25, 0.3) is 0 Å². The molecule has 1 aromatic carbocycles. The van der Waals surface area contributed by atoms with Gasteiger partial charge >= 0.3 is 5.97 Å². The number of carboxylic acid groups (broad SMARTS) is 1. The molecule has 0 atom stereocenters. The molecule has 2 rings (SSSR count). The number of carboxylic acids is 1. The summed E-state index contributed by atoms with van der Waals surface area (Å²) in [6.45, 7) is 1.39. The van der Waals surface area contributed by atoms with Crippen molar-refractivity contribution >= 4 is 17.6 Å². The summed E-state index contributed by atoms with van der Waals surface area (Å²) in [6.07, 6.45) is 0. The molecule has 1 aromatic heterocycles. The maximum absolute atomic E-state index is 11.1. The lowest BCUT2D eigenvalue weighted by Gasteiger charge is -2.10.